The minimum absolute atomic E-state index is 0.181. The van der Waals surface area contributed by atoms with Gasteiger partial charge in [-0.1, -0.05) is 0 Å². The number of hydrogen-bond acceptors (Lipinski definition) is 7. The average Bonchev–Trinajstić information content (AvgIpc) is 2.77. The van der Waals surface area contributed by atoms with E-state index >= 15 is 0 Å². The van der Waals surface area contributed by atoms with Crippen LogP contribution in [0, 0.1) is 0 Å². The Labute approximate surface area is 131 Å². The van der Waals surface area contributed by atoms with Crippen LogP contribution in [0.1, 0.15) is 12.5 Å². The van der Waals surface area contributed by atoms with Crippen LogP contribution >= 0.6 is 11.8 Å². The van der Waals surface area contributed by atoms with Gasteiger partial charge in [0.2, 0.25) is 5.75 Å². The molecule has 116 valence electrons. The van der Waals surface area contributed by atoms with E-state index in [1.165, 1.54) is 21.1 Å². The van der Waals surface area contributed by atoms with Crippen molar-refractivity contribution in [1.82, 2.24) is 0 Å². The summed E-state index contributed by atoms with van der Waals surface area (Å²) in [7, 11) is 2.88. The largest absolute Gasteiger partial charge is 0.493 e. The number of amidine groups is 1. The van der Waals surface area contributed by atoms with Gasteiger partial charge in [-0.15, -0.1) is 0 Å². The first kappa shape index (κ1) is 15.9. The highest BCUT2D eigenvalue weighted by Crippen LogP contribution is 2.40. The summed E-state index contributed by atoms with van der Waals surface area (Å²) in [4.78, 5) is 26.8. The lowest BCUT2D eigenvalue weighted by Crippen LogP contribution is -2.05. The number of carbonyl (C=O) groups excluding carboxylic acids is 2. The predicted molar refractivity (Wildman–Crippen MR) is 83.1 cm³/mol. The summed E-state index contributed by atoms with van der Waals surface area (Å²) in [5.41, 5.74) is 6.13. The van der Waals surface area contributed by atoms with Crippen LogP contribution in [0.2, 0.25) is 0 Å². The molecule has 1 aliphatic heterocycles. The van der Waals surface area contributed by atoms with Gasteiger partial charge in [0.15, 0.2) is 16.7 Å². The van der Waals surface area contributed by atoms with E-state index in [1.54, 1.807) is 18.2 Å². The van der Waals surface area contributed by atoms with Crippen molar-refractivity contribution < 1.29 is 23.8 Å². The van der Waals surface area contributed by atoms with E-state index in [0.29, 0.717) is 22.0 Å². The second kappa shape index (κ2) is 6.52. The van der Waals surface area contributed by atoms with Gasteiger partial charge in [0, 0.05) is 6.92 Å². The number of esters is 1. The fourth-order valence-corrected chi connectivity index (χ4v) is 2.49. The highest BCUT2D eigenvalue weighted by atomic mass is 32.2. The number of amides is 1. The van der Waals surface area contributed by atoms with Crippen LogP contribution < -0.4 is 19.9 Å². The fourth-order valence-electron chi connectivity index (χ4n) is 1.80. The quantitative estimate of drug-likeness (QED) is 0.510. The van der Waals surface area contributed by atoms with Gasteiger partial charge in [-0.3, -0.25) is 9.59 Å². The Morgan fingerprint density at radius 1 is 1.27 bits per heavy atom. The molecular weight excluding hydrogens is 308 g/mol. The van der Waals surface area contributed by atoms with Gasteiger partial charge in [-0.2, -0.15) is 4.99 Å². The van der Waals surface area contributed by atoms with E-state index in [-0.39, 0.29) is 10.9 Å². The first-order valence-electron chi connectivity index (χ1n) is 6.17. The maximum absolute atomic E-state index is 11.6. The van der Waals surface area contributed by atoms with Crippen molar-refractivity contribution in [2.75, 3.05) is 14.2 Å². The van der Waals surface area contributed by atoms with Crippen LogP contribution in [-0.2, 0) is 9.59 Å². The Balaban J connectivity index is 2.44. The smallest absolute Gasteiger partial charge is 0.308 e. The highest BCUT2D eigenvalue weighted by molar-refractivity contribution is 8.18. The maximum Gasteiger partial charge on any atom is 0.308 e. The second-order valence-electron chi connectivity index (χ2n) is 4.21. The Morgan fingerprint density at radius 2 is 1.86 bits per heavy atom. The van der Waals surface area contributed by atoms with Crippen LogP contribution in [0.3, 0.4) is 0 Å². The summed E-state index contributed by atoms with van der Waals surface area (Å²) in [6.07, 6.45) is 1.61. The van der Waals surface area contributed by atoms with Crippen molar-refractivity contribution in [2.24, 2.45) is 10.7 Å². The monoisotopic (exact) mass is 322 g/mol. The van der Waals surface area contributed by atoms with Gasteiger partial charge in [0.05, 0.1) is 19.1 Å². The second-order valence-corrected chi connectivity index (χ2v) is 5.28. The molecule has 2 rings (SSSR count). The van der Waals surface area contributed by atoms with Crippen molar-refractivity contribution >= 4 is 34.9 Å². The van der Waals surface area contributed by atoms with Gasteiger partial charge in [0.1, 0.15) is 0 Å². The number of benzene rings is 1. The molecule has 1 amide bonds. The van der Waals surface area contributed by atoms with Crippen LogP contribution in [0.25, 0.3) is 6.08 Å². The molecule has 0 aliphatic carbocycles. The normalized spacial score (nSPS) is 15.7. The number of carbonyl (C=O) groups is 2. The number of nitrogens with two attached hydrogens (primary N) is 1. The van der Waals surface area contributed by atoms with E-state index in [0.717, 1.165) is 11.8 Å². The lowest BCUT2D eigenvalue weighted by atomic mass is 10.1. The molecule has 2 N–H and O–H groups in total. The summed E-state index contributed by atoms with van der Waals surface area (Å²) in [5.74, 6) is -0.0906. The van der Waals surface area contributed by atoms with Crippen molar-refractivity contribution in [3.63, 3.8) is 0 Å². The Hall–Kier alpha value is -2.48. The molecule has 1 heterocycles. The van der Waals surface area contributed by atoms with Gasteiger partial charge in [0.25, 0.3) is 5.91 Å². The molecule has 8 heteroatoms. The molecular formula is C14H14N2O5S. The molecule has 0 fully saturated rings. The predicted octanol–water partition coefficient (Wildman–Crippen LogP) is 1.56. The van der Waals surface area contributed by atoms with E-state index in [9.17, 15) is 9.59 Å². The summed E-state index contributed by atoms with van der Waals surface area (Å²) < 4.78 is 15.5. The number of rotatable bonds is 4. The molecule has 0 bridgehead atoms. The zero-order valence-electron chi connectivity index (χ0n) is 12.2. The fraction of sp³-hybridized carbons (Fsp3) is 0.214. The number of ether oxygens (including phenoxy) is 3. The standard InChI is InChI=1S/C14H14N2O5S/c1-7(17)21-12-9(19-2)4-8(5-10(12)20-3)6-11-13(18)16-14(15)22-11/h4-6H,1-3H3,(H2,15,16,18). The van der Waals surface area contributed by atoms with E-state index in [2.05, 4.69) is 4.99 Å². The molecule has 0 aromatic heterocycles. The Kier molecular flexibility index (Phi) is 4.71. The Bertz CT molecular complexity index is 671. The molecule has 1 aromatic rings. The van der Waals surface area contributed by atoms with Crippen LogP contribution in [0.4, 0.5) is 0 Å². The van der Waals surface area contributed by atoms with Gasteiger partial charge in [-0.05, 0) is 35.5 Å². The third-order valence-electron chi connectivity index (χ3n) is 2.66. The van der Waals surface area contributed by atoms with E-state index < -0.39 is 11.9 Å². The first-order valence-corrected chi connectivity index (χ1v) is 6.98. The van der Waals surface area contributed by atoms with Gasteiger partial charge < -0.3 is 19.9 Å². The molecule has 22 heavy (non-hydrogen) atoms. The minimum atomic E-state index is -0.495. The summed E-state index contributed by atoms with van der Waals surface area (Å²) in [5, 5.41) is 0.201. The van der Waals surface area contributed by atoms with Crippen molar-refractivity contribution in [1.29, 1.82) is 0 Å². The topological polar surface area (TPSA) is 100 Å². The number of methoxy groups -OCH3 is 2. The lowest BCUT2D eigenvalue weighted by molar-refractivity contribution is -0.132. The van der Waals surface area contributed by atoms with Gasteiger partial charge in [-0.25, -0.2) is 0 Å². The number of nitrogens with zero attached hydrogens (tertiary/aromatic N) is 1. The summed E-state index contributed by atoms with van der Waals surface area (Å²) in [6, 6.07) is 3.24. The number of hydrogen-bond donors (Lipinski definition) is 1. The summed E-state index contributed by atoms with van der Waals surface area (Å²) >= 11 is 1.08. The molecule has 0 saturated heterocycles. The molecule has 0 radical (unpaired) electrons. The molecule has 0 atom stereocenters. The highest BCUT2D eigenvalue weighted by Gasteiger charge is 2.21. The summed E-state index contributed by atoms with van der Waals surface area (Å²) in [6.45, 7) is 1.28. The third kappa shape index (κ3) is 3.40. The van der Waals surface area contributed by atoms with Crippen molar-refractivity contribution in [2.45, 2.75) is 6.92 Å². The lowest BCUT2D eigenvalue weighted by Gasteiger charge is -2.13. The van der Waals surface area contributed by atoms with Crippen LogP contribution in [0.5, 0.6) is 17.2 Å². The molecule has 0 spiro atoms. The maximum atomic E-state index is 11.6. The van der Waals surface area contributed by atoms with E-state index in [1.807, 2.05) is 0 Å². The minimum Gasteiger partial charge on any atom is -0.493 e. The number of aliphatic imine (C=N–C) groups is 1. The molecule has 0 unspecified atom stereocenters. The molecule has 1 aromatic carbocycles. The zero-order valence-corrected chi connectivity index (χ0v) is 13.0. The average molecular weight is 322 g/mol. The molecule has 0 saturated carbocycles. The molecule has 1 aliphatic rings. The van der Waals surface area contributed by atoms with Crippen molar-refractivity contribution in [3.8, 4) is 17.2 Å². The van der Waals surface area contributed by atoms with Crippen molar-refractivity contribution in [3.05, 3.63) is 22.6 Å². The Morgan fingerprint density at radius 3 is 2.27 bits per heavy atom. The van der Waals surface area contributed by atoms with E-state index in [4.69, 9.17) is 19.9 Å². The van der Waals surface area contributed by atoms with Crippen LogP contribution in [0.15, 0.2) is 22.0 Å². The van der Waals surface area contributed by atoms with Gasteiger partial charge >= 0.3 is 5.97 Å². The molecule has 7 nitrogen and oxygen atoms in total. The van der Waals surface area contributed by atoms with Crippen LogP contribution in [-0.4, -0.2) is 31.3 Å². The zero-order chi connectivity index (χ0) is 16.3. The number of thioether (sulfide) groups is 1. The first-order chi connectivity index (χ1) is 10.4. The third-order valence-corrected chi connectivity index (χ3v) is 3.48. The SMILES string of the molecule is COc1cc(C=C2SC(N)=NC2=O)cc(OC)c1OC(C)=O.